The zero-order valence-corrected chi connectivity index (χ0v) is 19.1. The number of anilines is 1. The molecule has 1 aliphatic heterocycles. The normalized spacial score (nSPS) is 15.5. The molecule has 1 aromatic carbocycles. The highest BCUT2D eigenvalue weighted by atomic mass is 16.5. The van der Waals surface area contributed by atoms with Gasteiger partial charge in [0.25, 0.3) is 5.91 Å². The molecular formula is C23H27N5O5. The number of aliphatic hydroxyl groups excluding tert-OH is 1. The van der Waals surface area contributed by atoms with Crippen LogP contribution in [0.25, 0.3) is 0 Å². The van der Waals surface area contributed by atoms with E-state index >= 15 is 0 Å². The summed E-state index contributed by atoms with van der Waals surface area (Å²) in [6.07, 6.45) is 3.18. The Morgan fingerprint density at radius 2 is 1.97 bits per heavy atom. The van der Waals surface area contributed by atoms with E-state index in [0.717, 1.165) is 16.8 Å². The van der Waals surface area contributed by atoms with Gasteiger partial charge in [-0.1, -0.05) is 17.3 Å². The van der Waals surface area contributed by atoms with E-state index in [9.17, 15) is 9.59 Å². The molecule has 3 aromatic rings. The van der Waals surface area contributed by atoms with Crippen molar-refractivity contribution in [1.29, 1.82) is 0 Å². The van der Waals surface area contributed by atoms with Gasteiger partial charge in [0, 0.05) is 18.3 Å². The van der Waals surface area contributed by atoms with Gasteiger partial charge in [-0.15, -0.1) is 0 Å². The third-order valence-electron chi connectivity index (χ3n) is 5.80. The number of nitrogens with zero attached hydrogens (tertiary/aromatic N) is 5. The van der Waals surface area contributed by atoms with E-state index in [1.165, 1.54) is 16.0 Å². The predicted molar refractivity (Wildman–Crippen MR) is 119 cm³/mol. The molecule has 1 fully saturated rings. The molecule has 33 heavy (non-hydrogen) atoms. The van der Waals surface area contributed by atoms with Crippen LogP contribution < -0.4 is 9.64 Å². The minimum atomic E-state index is -1.04. The summed E-state index contributed by atoms with van der Waals surface area (Å²) in [5.41, 5.74) is 1.87. The van der Waals surface area contributed by atoms with Crippen LogP contribution in [0.4, 0.5) is 10.5 Å². The second-order valence-electron chi connectivity index (χ2n) is 8.49. The number of aliphatic hydroxyl groups is 1. The summed E-state index contributed by atoms with van der Waals surface area (Å²) in [5, 5.41) is 17.2. The van der Waals surface area contributed by atoms with E-state index in [1.54, 1.807) is 36.9 Å². The molecule has 10 nitrogen and oxygen atoms in total. The lowest BCUT2D eigenvalue weighted by Crippen LogP contribution is -2.43. The number of imide groups is 1. The first-order valence-electron chi connectivity index (χ1n) is 10.7. The number of urea groups is 1. The van der Waals surface area contributed by atoms with Gasteiger partial charge in [-0.05, 0) is 45.4 Å². The van der Waals surface area contributed by atoms with Crippen LogP contribution in [-0.2, 0) is 17.9 Å². The summed E-state index contributed by atoms with van der Waals surface area (Å²) < 4.78 is 12.3. The van der Waals surface area contributed by atoms with Gasteiger partial charge in [0.1, 0.15) is 23.7 Å². The summed E-state index contributed by atoms with van der Waals surface area (Å²) in [6, 6.07) is 6.84. The van der Waals surface area contributed by atoms with Gasteiger partial charge in [0.05, 0.1) is 30.7 Å². The molecule has 1 aliphatic rings. The molecule has 174 valence electrons. The topological polar surface area (TPSA) is 114 Å². The van der Waals surface area contributed by atoms with E-state index in [4.69, 9.17) is 14.4 Å². The molecule has 0 bridgehead atoms. The Hall–Kier alpha value is -3.66. The largest absolute Gasteiger partial charge is 0.491 e. The Morgan fingerprint density at radius 1 is 1.18 bits per heavy atom. The monoisotopic (exact) mass is 453 g/mol. The third kappa shape index (κ3) is 4.21. The van der Waals surface area contributed by atoms with Crippen LogP contribution in [0, 0.1) is 13.8 Å². The van der Waals surface area contributed by atoms with E-state index in [2.05, 4.69) is 10.3 Å². The number of hydrogen-bond donors (Lipinski definition) is 1. The SMILES string of the molecule is Cc1noc(C)c1Cn1cc(N2C(=O)N(Cc3cccc(OCCO)c3)C(C)(C)C2=O)cn1. The average molecular weight is 453 g/mol. The molecule has 0 spiro atoms. The second kappa shape index (κ2) is 8.70. The molecule has 4 rings (SSSR count). The van der Waals surface area contributed by atoms with Crippen molar-refractivity contribution in [2.75, 3.05) is 18.1 Å². The summed E-state index contributed by atoms with van der Waals surface area (Å²) in [7, 11) is 0. The summed E-state index contributed by atoms with van der Waals surface area (Å²) in [4.78, 5) is 29.3. The van der Waals surface area contributed by atoms with E-state index in [1.807, 2.05) is 26.0 Å². The highest BCUT2D eigenvalue weighted by Crippen LogP contribution is 2.33. The lowest BCUT2D eigenvalue weighted by molar-refractivity contribution is -0.123. The summed E-state index contributed by atoms with van der Waals surface area (Å²) >= 11 is 0. The van der Waals surface area contributed by atoms with Crippen LogP contribution in [0.5, 0.6) is 5.75 Å². The Kier molecular flexibility index (Phi) is 5.94. The van der Waals surface area contributed by atoms with Crippen molar-refractivity contribution in [3.05, 3.63) is 59.2 Å². The molecule has 0 unspecified atom stereocenters. The molecular weight excluding hydrogens is 426 g/mol. The predicted octanol–water partition coefficient (Wildman–Crippen LogP) is 2.65. The summed E-state index contributed by atoms with van der Waals surface area (Å²) in [6.45, 7) is 7.90. The van der Waals surface area contributed by atoms with E-state index in [-0.39, 0.29) is 25.7 Å². The lowest BCUT2D eigenvalue weighted by Gasteiger charge is -2.27. The van der Waals surface area contributed by atoms with Crippen LogP contribution in [0.1, 0.15) is 36.4 Å². The zero-order valence-electron chi connectivity index (χ0n) is 19.1. The minimum Gasteiger partial charge on any atom is -0.491 e. The molecule has 0 atom stereocenters. The number of benzene rings is 1. The highest BCUT2D eigenvalue weighted by Gasteiger charge is 2.52. The first-order valence-corrected chi connectivity index (χ1v) is 10.7. The molecule has 3 amide bonds. The third-order valence-corrected chi connectivity index (χ3v) is 5.80. The fourth-order valence-electron chi connectivity index (χ4n) is 3.85. The minimum absolute atomic E-state index is 0.0880. The lowest BCUT2D eigenvalue weighted by atomic mass is 10.0. The maximum Gasteiger partial charge on any atom is 0.332 e. The standard InChI is InChI=1S/C23H27N5O5/c1-15-20(16(2)33-25-15)14-26-13-18(11-24-26)28-21(30)23(3,4)27(22(28)31)12-17-6-5-7-19(10-17)32-9-8-29/h5-7,10-11,13,29H,8-9,12,14H2,1-4H3. The Morgan fingerprint density at radius 3 is 2.67 bits per heavy atom. The second-order valence-corrected chi connectivity index (χ2v) is 8.49. The van der Waals surface area contributed by atoms with Crippen molar-refractivity contribution in [3.8, 4) is 5.75 Å². The maximum atomic E-state index is 13.3. The molecule has 1 saturated heterocycles. The van der Waals surface area contributed by atoms with Gasteiger partial charge in [0.2, 0.25) is 0 Å². The van der Waals surface area contributed by atoms with Gasteiger partial charge in [-0.25, -0.2) is 9.69 Å². The van der Waals surface area contributed by atoms with Crippen LogP contribution >= 0.6 is 0 Å². The van der Waals surface area contributed by atoms with Crippen molar-refractivity contribution in [2.24, 2.45) is 0 Å². The average Bonchev–Trinajstić information content (AvgIpc) is 3.42. The first-order chi connectivity index (χ1) is 15.7. The van der Waals surface area contributed by atoms with Gasteiger partial charge >= 0.3 is 6.03 Å². The van der Waals surface area contributed by atoms with Crippen LogP contribution in [0.15, 0.2) is 41.2 Å². The number of hydrogen-bond acceptors (Lipinski definition) is 7. The quantitative estimate of drug-likeness (QED) is 0.522. The Balaban J connectivity index is 1.55. The van der Waals surface area contributed by atoms with Gasteiger partial charge in [-0.3, -0.25) is 9.48 Å². The van der Waals surface area contributed by atoms with Crippen molar-refractivity contribution in [2.45, 2.75) is 46.3 Å². The number of amides is 3. The van der Waals surface area contributed by atoms with Crippen molar-refractivity contribution in [3.63, 3.8) is 0 Å². The maximum absolute atomic E-state index is 13.3. The molecule has 3 heterocycles. The molecule has 10 heteroatoms. The Bertz CT molecular complexity index is 1160. The number of aryl methyl sites for hydroxylation is 2. The highest BCUT2D eigenvalue weighted by molar-refractivity contribution is 6.22. The number of aromatic nitrogens is 3. The van der Waals surface area contributed by atoms with Crippen molar-refractivity contribution < 1.29 is 24.0 Å². The van der Waals surface area contributed by atoms with Crippen LogP contribution in [0.2, 0.25) is 0 Å². The van der Waals surface area contributed by atoms with Gasteiger partial charge in [0.15, 0.2) is 0 Å². The number of ether oxygens (including phenoxy) is 1. The molecule has 2 aromatic heterocycles. The number of carbonyl (C=O) groups is 2. The van der Waals surface area contributed by atoms with Crippen LogP contribution in [0.3, 0.4) is 0 Å². The fraction of sp³-hybridized carbons (Fsp3) is 0.391. The first kappa shape index (κ1) is 22.5. The van der Waals surface area contributed by atoms with Crippen LogP contribution in [-0.4, -0.2) is 55.6 Å². The molecule has 1 N–H and O–H groups in total. The van der Waals surface area contributed by atoms with Crippen molar-refractivity contribution >= 4 is 17.6 Å². The van der Waals surface area contributed by atoms with Gasteiger partial charge in [-0.2, -0.15) is 5.10 Å². The van der Waals surface area contributed by atoms with Crippen molar-refractivity contribution in [1.82, 2.24) is 19.8 Å². The number of carbonyl (C=O) groups excluding carboxylic acids is 2. The zero-order chi connectivity index (χ0) is 23.8. The van der Waals surface area contributed by atoms with Gasteiger partial charge < -0.3 is 19.3 Å². The molecule has 0 aliphatic carbocycles. The van der Waals surface area contributed by atoms with E-state index < -0.39 is 11.6 Å². The van der Waals surface area contributed by atoms with E-state index in [0.29, 0.717) is 23.7 Å². The Labute approximate surface area is 191 Å². The number of rotatable bonds is 8. The fourth-order valence-corrected chi connectivity index (χ4v) is 3.85. The summed E-state index contributed by atoms with van der Waals surface area (Å²) in [5.74, 6) is 0.974. The molecule has 0 saturated carbocycles. The molecule has 0 radical (unpaired) electrons. The smallest absolute Gasteiger partial charge is 0.332 e.